The number of nitrogens with zero attached hydrogens (tertiary/aromatic N) is 1. The number of aryl methyl sites for hydroxylation is 2. The van der Waals surface area contributed by atoms with Gasteiger partial charge in [-0.1, -0.05) is 30.3 Å². The van der Waals surface area contributed by atoms with Crippen LogP contribution in [0.4, 0.5) is 0 Å². The quantitative estimate of drug-likeness (QED) is 0.539. The molecule has 2 aromatic carbocycles. The van der Waals surface area contributed by atoms with Crippen LogP contribution in [0.5, 0.6) is 0 Å². The summed E-state index contributed by atoms with van der Waals surface area (Å²) in [6, 6.07) is 15.8. The molecule has 2 aliphatic rings. The van der Waals surface area contributed by atoms with Gasteiger partial charge in [0, 0.05) is 23.5 Å². The number of hydrogen-bond acceptors (Lipinski definition) is 6. The molecule has 0 atom stereocenters. The number of sulfonamides is 1. The molecule has 0 unspecified atom stereocenters. The van der Waals surface area contributed by atoms with Crippen molar-refractivity contribution in [2.75, 3.05) is 26.3 Å². The van der Waals surface area contributed by atoms with Crippen LogP contribution in [0.25, 0.3) is 10.4 Å². The van der Waals surface area contributed by atoms with Gasteiger partial charge in [-0.25, -0.2) is 8.42 Å². The molecular formula is C24H23N3O5S2. The Morgan fingerprint density at radius 3 is 2.44 bits per heavy atom. The molecule has 2 amide bonds. The second kappa shape index (κ2) is 9.30. The zero-order chi connectivity index (χ0) is 23.7. The summed E-state index contributed by atoms with van der Waals surface area (Å²) in [4.78, 5) is 27.0. The van der Waals surface area contributed by atoms with Crippen molar-refractivity contribution in [3.8, 4) is 10.4 Å². The Balaban J connectivity index is 1.27. The number of nitrogens with one attached hydrogen (secondary N) is 2. The van der Waals surface area contributed by atoms with Crippen molar-refractivity contribution >= 4 is 33.2 Å². The van der Waals surface area contributed by atoms with Crippen LogP contribution in [-0.2, 0) is 27.6 Å². The summed E-state index contributed by atoms with van der Waals surface area (Å²) in [6.07, 6.45) is 1.80. The number of thiophene rings is 1. The first-order valence-electron chi connectivity index (χ1n) is 10.9. The first-order chi connectivity index (χ1) is 16.4. The summed E-state index contributed by atoms with van der Waals surface area (Å²) in [5.74, 6) is -1.01. The lowest BCUT2D eigenvalue weighted by molar-refractivity contribution is 0.0730. The number of carbonyl (C=O) groups is 2. The number of rotatable bonds is 4. The maximum Gasteiger partial charge on any atom is 0.279 e. The van der Waals surface area contributed by atoms with Crippen molar-refractivity contribution in [3.63, 3.8) is 0 Å². The molecule has 0 spiro atoms. The fourth-order valence-corrected chi connectivity index (χ4v) is 6.78. The highest BCUT2D eigenvalue weighted by molar-refractivity contribution is 7.89. The lowest BCUT2D eigenvalue weighted by atomic mass is 9.91. The van der Waals surface area contributed by atoms with Gasteiger partial charge in [0.25, 0.3) is 11.8 Å². The molecule has 1 aromatic heterocycles. The van der Waals surface area contributed by atoms with Crippen LogP contribution < -0.4 is 10.9 Å². The number of hydrogen-bond donors (Lipinski definition) is 2. The first kappa shape index (κ1) is 22.7. The zero-order valence-electron chi connectivity index (χ0n) is 18.2. The standard InChI is InChI=1S/C24H23N3O5S2/c28-23(18-5-3-6-19(14-18)34(30,31)27-10-12-32-13-11-27)25-26-24(29)21-15-17-9-8-16-4-1-2-7-20(16)22(17)33-21/h1-7,14-15H,8-13H2,(H,25,28)(H,26,29). The molecule has 34 heavy (non-hydrogen) atoms. The van der Waals surface area contributed by atoms with Crippen LogP contribution in [0.2, 0.25) is 0 Å². The Hall–Kier alpha value is -3.05. The maximum atomic E-state index is 12.9. The van der Waals surface area contributed by atoms with Gasteiger partial charge in [-0.15, -0.1) is 11.3 Å². The van der Waals surface area contributed by atoms with E-state index in [2.05, 4.69) is 23.0 Å². The molecule has 10 heteroatoms. The van der Waals surface area contributed by atoms with E-state index in [4.69, 9.17) is 4.74 Å². The van der Waals surface area contributed by atoms with E-state index in [1.54, 1.807) is 0 Å². The van der Waals surface area contributed by atoms with E-state index in [1.807, 2.05) is 18.2 Å². The maximum absolute atomic E-state index is 12.9. The molecule has 5 rings (SSSR count). The number of morpholine rings is 1. The molecule has 3 aromatic rings. The summed E-state index contributed by atoms with van der Waals surface area (Å²) in [7, 11) is -3.73. The van der Waals surface area contributed by atoms with Crippen LogP contribution in [-0.4, -0.2) is 50.8 Å². The summed E-state index contributed by atoms with van der Waals surface area (Å²) < 4.78 is 32.3. The van der Waals surface area contributed by atoms with Gasteiger partial charge in [0.05, 0.1) is 23.0 Å². The van der Waals surface area contributed by atoms with Crippen molar-refractivity contribution < 1.29 is 22.7 Å². The Bertz CT molecular complexity index is 1360. The molecule has 1 fully saturated rings. The molecule has 8 nitrogen and oxygen atoms in total. The third-order valence-electron chi connectivity index (χ3n) is 5.95. The SMILES string of the molecule is O=C(NNC(=O)c1cc2c(s1)-c1ccccc1CC2)c1cccc(S(=O)(=O)N2CCOCC2)c1. The topological polar surface area (TPSA) is 105 Å². The number of carbonyl (C=O) groups excluding carboxylic acids is 2. The van der Waals surface area contributed by atoms with Crippen molar-refractivity contribution in [3.05, 3.63) is 76.2 Å². The third-order valence-corrected chi connectivity index (χ3v) is 9.06. The Labute approximate surface area is 201 Å². The zero-order valence-corrected chi connectivity index (χ0v) is 19.9. The van der Waals surface area contributed by atoms with Gasteiger partial charge in [-0.2, -0.15) is 4.31 Å². The highest BCUT2D eigenvalue weighted by Gasteiger charge is 2.27. The average Bonchev–Trinajstić information content (AvgIpc) is 3.33. The van der Waals surface area contributed by atoms with E-state index >= 15 is 0 Å². The largest absolute Gasteiger partial charge is 0.379 e. The normalized spacial score (nSPS) is 15.8. The second-order valence-corrected chi connectivity index (χ2v) is 11.1. The molecule has 2 heterocycles. The predicted molar refractivity (Wildman–Crippen MR) is 128 cm³/mol. The van der Waals surface area contributed by atoms with Gasteiger partial charge >= 0.3 is 0 Å². The average molecular weight is 498 g/mol. The van der Waals surface area contributed by atoms with Crippen molar-refractivity contribution in [1.29, 1.82) is 0 Å². The van der Waals surface area contributed by atoms with Crippen LogP contribution in [0.15, 0.2) is 59.5 Å². The minimum Gasteiger partial charge on any atom is -0.379 e. The van der Waals surface area contributed by atoms with E-state index in [0.29, 0.717) is 18.1 Å². The number of ether oxygens (including phenoxy) is 1. The van der Waals surface area contributed by atoms with Crippen LogP contribution in [0, 0.1) is 0 Å². The van der Waals surface area contributed by atoms with E-state index in [9.17, 15) is 18.0 Å². The van der Waals surface area contributed by atoms with Crippen LogP contribution in [0.3, 0.4) is 0 Å². The minimum absolute atomic E-state index is 0.0259. The molecule has 1 aliphatic heterocycles. The fraction of sp³-hybridized carbons (Fsp3) is 0.250. The van der Waals surface area contributed by atoms with E-state index < -0.39 is 21.8 Å². The van der Waals surface area contributed by atoms with Crippen LogP contribution in [0.1, 0.15) is 31.2 Å². The Kier molecular flexibility index (Phi) is 6.22. The summed E-state index contributed by atoms with van der Waals surface area (Å²) in [5.41, 5.74) is 8.52. The van der Waals surface area contributed by atoms with Crippen LogP contribution >= 0.6 is 11.3 Å². The van der Waals surface area contributed by atoms with Crippen molar-refractivity contribution in [2.45, 2.75) is 17.7 Å². The number of fused-ring (bicyclic) bond motifs is 3. The molecule has 0 saturated carbocycles. The van der Waals surface area contributed by atoms with Gasteiger partial charge in [0.15, 0.2) is 0 Å². The Morgan fingerprint density at radius 1 is 0.882 bits per heavy atom. The molecule has 1 saturated heterocycles. The van der Waals surface area contributed by atoms with Gasteiger partial charge < -0.3 is 4.74 Å². The van der Waals surface area contributed by atoms with E-state index in [0.717, 1.165) is 28.8 Å². The molecule has 1 aliphatic carbocycles. The van der Waals surface area contributed by atoms with Gasteiger partial charge in [-0.3, -0.25) is 20.4 Å². The first-order valence-corrected chi connectivity index (χ1v) is 13.2. The molecule has 176 valence electrons. The lowest BCUT2D eigenvalue weighted by Gasteiger charge is -2.26. The van der Waals surface area contributed by atoms with Crippen molar-refractivity contribution in [2.24, 2.45) is 0 Å². The lowest BCUT2D eigenvalue weighted by Crippen LogP contribution is -2.42. The third kappa shape index (κ3) is 4.37. The fourth-order valence-electron chi connectivity index (χ4n) is 4.16. The molecule has 2 N–H and O–H groups in total. The number of benzene rings is 2. The van der Waals surface area contributed by atoms with E-state index in [-0.39, 0.29) is 23.5 Å². The van der Waals surface area contributed by atoms with Gasteiger partial charge in [-0.05, 0) is 53.8 Å². The van der Waals surface area contributed by atoms with Crippen molar-refractivity contribution in [1.82, 2.24) is 15.2 Å². The van der Waals surface area contributed by atoms with Gasteiger partial charge in [0.2, 0.25) is 10.0 Å². The number of amides is 2. The number of hydrazine groups is 1. The summed E-state index contributed by atoms with van der Waals surface area (Å²) >= 11 is 1.40. The minimum atomic E-state index is -3.73. The predicted octanol–water partition coefficient (Wildman–Crippen LogP) is 2.61. The second-order valence-electron chi connectivity index (χ2n) is 8.07. The molecule has 0 bridgehead atoms. The molecular weight excluding hydrogens is 474 g/mol. The molecule has 0 radical (unpaired) electrons. The van der Waals surface area contributed by atoms with E-state index in [1.165, 1.54) is 45.5 Å². The monoisotopic (exact) mass is 497 g/mol. The summed E-state index contributed by atoms with van der Waals surface area (Å²) in [6.45, 7) is 1.21. The Morgan fingerprint density at radius 2 is 1.62 bits per heavy atom. The van der Waals surface area contributed by atoms with Gasteiger partial charge in [0.1, 0.15) is 0 Å². The summed E-state index contributed by atoms with van der Waals surface area (Å²) in [5, 5.41) is 0. The smallest absolute Gasteiger partial charge is 0.279 e. The highest BCUT2D eigenvalue weighted by Crippen LogP contribution is 2.39. The highest BCUT2D eigenvalue weighted by atomic mass is 32.2.